The Morgan fingerprint density at radius 3 is 2.84 bits per heavy atom. The van der Waals surface area contributed by atoms with Crippen molar-refractivity contribution in [2.75, 3.05) is 0 Å². The van der Waals surface area contributed by atoms with E-state index in [1.165, 1.54) is 5.56 Å². The molecule has 1 N–H and O–H groups in total. The molecular weight excluding hydrogens is 276 g/mol. The van der Waals surface area contributed by atoms with Crippen molar-refractivity contribution in [3.63, 3.8) is 0 Å². The van der Waals surface area contributed by atoms with E-state index in [9.17, 15) is 0 Å². The van der Waals surface area contributed by atoms with Gasteiger partial charge in [0.15, 0.2) is 10.6 Å². The fraction of sp³-hybridized carbons (Fsp3) is 0.154. The Balaban J connectivity index is 1.85. The Labute approximate surface area is 119 Å². The maximum absolute atomic E-state index is 5.30. The van der Waals surface area contributed by atoms with E-state index in [-0.39, 0.29) is 0 Å². The first-order chi connectivity index (χ1) is 9.34. The first-order valence-electron chi connectivity index (χ1n) is 5.92. The zero-order valence-electron chi connectivity index (χ0n) is 10.1. The van der Waals surface area contributed by atoms with Gasteiger partial charge in [-0.2, -0.15) is 5.10 Å². The van der Waals surface area contributed by atoms with E-state index in [2.05, 4.69) is 21.2 Å². The smallest absolute Gasteiger partial charge is 0.195 e. The van der Waals surface area contributed by atoms with Crippen molar-refractivity contribution in [1.29, 1.82) is 0 Å². The summed E-state index contributed by atoms with van der Waals surface area (Å²) in [4.78, 5) is 5.15. The van der Waals surface area contributed by atoms with Gasteiger partial charge in [0.1, 0.15) is 0 Å². The third-order valence-corrected chi connectivity index (χ3v) is 4.05. The van der Waals surface area contributed by atoms with Gasteiger partial charge < -0.3 is 0 Å². The average Bonchev–Trinajstić information content (AvgIpc) is 3.07. The SMILES string of the molecule is S=c1[nH]nc(-c2cccs2)n1CCc1ccncc1. The van der Waals surface area contributed by atoms with Crippen LogP contribution in [0, 0.1) is 4.77 Å². The number of aryl methyl sites for hydroxylation is 1. The number of aromatic nitrogens is 4. The monoisotopic (exact) mass is 288 g/mol. The standard InChI is InChI=1S/C13H12N4S2/c18-13-16-15-12(11-2-1-9-19-11)17(13)8-5-10-3-6-14-7-4-10/h1-4,6-7,9H,5,8H2,(H,16,18). The molecule has 0 spiro atoms. The molecule has 96 valence electrons. The van der Waals surface area contributed by atoms with Crippen molar-refractivity contribution in [3.05, 3.63) is 52.4 Å². The van der Waals surface area contributed by atoms with Gasteiger partial charge in [0.25, 0.3) is 0 Å². The predicted octanol–water partition coefficient (Wildman–Crippen LogP) is 3.31. The van der Waals surface area contributed by atoms with E-state index >= 15 is 0 Å². The summed E-state index contributed by atoms with van der Waals surface area (Å²) >= 11 is 6.96. The number of hydrogen-bond donors (Lipinski definition) is 1. The highest BCUT2D eigenvalue weighted by Crippen LogP contribution is 2.22. The van der Waals surface area contributed by atoms with Gasteiger partial charge in [-0.25, -0.2) is 0 Å². The summed E-state index contributed by atoms with van der Waals surface area (Å²) in [5.74, 6) is 0.911. The Morgan fingerprint density at radius 2 is 2.11 bits per heavy atom. The summed E-state index contributed by atoms with van der Waals surface area (Å²) in [5, 5.41) is 9.23. The van der Waals surface area contributed by atoms with Crippen LogP contribution in [-0.2, 0) is 13.0 Å². The van der Waals surface area contributed by atoms with Gasteiger partial charge >= 0.3 is 0 Å². The number of aromatic amines is 1. The number of H-pyrrole nitrogens is 1. The lowest BCUT2D eigenvalue weighted by molar-refractivity contribution is 0.692. The van der Waals surface area contributed by atoms with Crippen LogP contribution in [-0.4, -0.2) is 19.7 Å². The molecule has 0 radical (unpaired) electrons. The van der Waals surface area contributed by atoms with Crippen LogP contribution in [0.1, 0.15) is 5.56 Å². The molecule has 0 amide bonds. The topological polar surface area (TPSA) is 46.5 Å². The highest BCUT2D eigenvalue weighted by atomic mass is 32.1. The summed E-state index contributed by atoms with van der Waals surface area (Å²) in [6.45, 7) is 0.812. The number of thiophene rings is 1. The number of hydrogen-bond acceptors (Lipinski definition) is 4. The number of nitrogens with one attached hydrogen (secondary N) is 1. The van der Waals surface area contributed by atoms with Crippen molar-refractivity contribution < 1.29 is 0 Å². The van der Waals surface area contributed by atoms with Gasteiger partial charge in [-0.15, -0.1) is 11.3 Å². The van der Waals surface area contributed by atoms with Crippen molar-refractivity contribution >= 4 is 23.6 Å². The lowest BCUT2D eigenvalue weighted by Gasteiger charge is -2.05. The van der Waals surface area contributed by atoms with E-state index in [1.54, 1.807) is 11.3 Å². The molecule has 0 saturated heterocycles. The highest BCUT2D eigenvalue weighted by molar-refractivity contribution is 7.71. The second-order valence-electron chi connectivity index (χ2n) is 4.09. The van der Waals surface area contributed by atoms with Crippen LogP contribution in [0.5, 0.6) is 0 Å². The molecular formula is C13H12N4S2. The number of rotatable bonds is 4. The Kier molecular flexibility index (Phi) is 3.52. The second kappa shape index (κ2) is 5.46. The minimum atomic E-state index is 0.664. The molecule has 3 rings (SSSR count). The van der Waals surface area contributed by atoms with Crippen molar-refractivity contribution in [2.24, 2.45) is 0 Å². The molecule has 3 aromatic heterocycles. The minimum Gasteiger partial charge on any atom is -0.299 e. The fourth-order valence-corrected chi connectivity index (χ4v) is 2.85. The van der Waals surface area contributed by atoms with Crippen LogP contribution >= 0.6 is 23.6 Å². The molecule has 3 heterocycles. The van der Waals surface area contributed by atoms with Crippen LogP contribution in [0.4, 0.5) is 0 Å². The first-order valence-corrected chi connectivity index (χ1v) is 7.21. The fourth-order valence-electron chi connectivity index (χ4n) is 1.91. The maximum Gasteiger partial charge on any atom is 0.195 e. The average molecular weight is 288 g/mol. The van der Waals surface area contributed by atoms with Crippen LogP contribution in [0.3, 0.4) is 0 Å². The summed E-state index contributed by atoms with van der Waals surface area (Å²) in [6, 6.07) is 8.12. The summed E-state index contributed by atoms with van der Waals surface area (Å²) < 4.78 is 2.71. The minimum absolute atomic E-state index is 0.664. The predicted molar refractivity (Wildman–Crippen MR) is 78.7 cm³/mol. The van der Waals surface area contributed by atoms with Gasteiger partial charge in [-0.3, -0.25) is 14.6 Å². The Bertz CT molecular complexity index is 698. The van der Waals surface area contributed by atoms with E-state index in [4.69, 9.17) is 12.2 Å². The molecule has 0 unspecified atom stereocenters. The van der Waals surface area contributed by atoms with Gasteiger partial charge in [0.2, 0.25) is 0 Å². The van der Waals surface area contributed by atoms with E-state index < -0.39 is 0 Å². The van der Waals surface area contributed by atoms with Crippen LogP contribution in [0.2, 0.25) is 0 Å². The van der Waals surface area contributed by atoms with Gasteiger partial charge in [-0.1, -0.05) is 6.07 Å². The molecule has 0 aliphatic heterocycles. The number of nitrogens with zero attached hydrogens (tertiary/aromatic N) is 3. The van der Waals surface area contributed by atoms with E-state index in [0.717, 1.165) is 23.7 Å². The van der Waals surface area contributed by atoms with Gasteiger partial charge in [-0.05, 0) is 47.8 Å². The normalized spacial score (nSPS) is 10.7. The summed E-state index contributed by atoms with van der Waals surface area (Å²) in [5.41, 5.74) is 1.25. The second-order valence-corrected chi connectivity index (χ2v) is 5.42. The number of pyridine rings is 1. The van der Waals surface area contributed by atoms with Gasteiger partial charge in [0, 0.05) is 18.9 Å². The molecule has 4 nitrogen and oxygen atoms in total. The molecule has 6 heteroatoms. The van der Waals surface area contributed by atoms with Crippen LogP contribution < -0.4 is 0 Å². The summed E-state index contributed by atoms with van der Waals surface area (Å²) in [6.07, 6.45) is 4.53. The van der Waals surface area contributed by atoms with Crippen LogP contribution in [0.15, 0.2) is 42.0 Å². The zero-order chi connectivity index (χ0) is 13.1. The Morgan fingerprint density at radius 1 is 1.26 bits per heavy atom. The van der Waals surface area contributed by atoms with Gasteiger partial charge in [0.05, 0.1) is 4.88 Å². The first kappa shape index (κ1) is 12.3. The van der Waals surface area contributed by atoms with E-state index in [0.29, 0.717) is 4.77 Å². The molecule has 0 atom stereocenters. The largest absolute Gasteiger partial charge is 0.299 e. The lowest BCUT2D eigenvalue weighted by Crippen LogP contribution is -2.03. The summed E-state index contributed by atoms with van der Waals surface area (Å²) in [7, 11) is 0. The third kappa shape index (κ3) is 2.64. The molecule has 0 aromatic carbocycles. The molecule has 0 aliphatic rings. The molecule has 19 heavy (non-hydrogen) atoms. The lowest BCUT2D eigenvalue weighted by atomic mass is 10.2. The molecule has 0 aliphatic carbocycles. The van der Waals surface area contributed by atoms with Crippen LogP contribution in [0.25, 0.3) is 10.7 Å². The molecule has 0 bridgehead atoms. The quantitative estimate of drug-likeness (QED) is 0.749. The van der Waals surface area contributed by atoms with Crippen molar-refractivity contribution in [1.82, 2.24) is 19.7 Å². The molecule has 0 saturated carbocycles. The van der Waals surface area contributed by atoms with Crippen molar-refractivity contribution in [3.8, 4) is 10.7 Å². The zero-order valence-corrected chi connectivity index (χ0v) is 11.7. The molecule has 3 aromatic rings. The Hall–Kier alpha value is -1.79. The van der Waals surface area contributed by atoms with Crippen molar-refractivity contribution in [2.45, 2.75) is 13.0 Å². The van der Waals surface area contributed by atoms with E-state index in [1.807, 2.05) is 40.5 Å². The molecule has 0 fully saturated rings. The maximum atomic E-state index is 5.30. The highest BCUT2D eigenvalue weighted by Gasteiger charge is 2.09. The third-order valence-electron chi connectivity index (χ3n) is 2.87.